The van der Waals surface area contributed by atoms with Crippen molar-refractivity contribution in [2.45, 2.75) is 24.6 Å². The number of para-hydroxylation sites is 1. The first-order chi connectivity index (χ1) is 8.68. The van der Waals surface area contributed by atoms with E-state index < -0.39 is 12.0 Å². The molecule has 0 saturated carbocycles. The Bertz CT molecular complexity index is 477. The molecule has 0 spiro atoms. The van der Waals surface area contributed by atoms with Gasteiger partial charge >= 0.3 is 5.97 Å². The summed E-state index contributed by atoms with van der Waals surface area (Å²) in [5.41, 5.74) is 7.96. The SMILES string of the molecule is N[C@H](C(=O)O)C1CCOC2Nc3ccccc3C21. The molecule has 1 aromatic rings. The van der Waals surface area contributed by atoms with Gasteiger partial charge in [-0.1, -0.05) is 18.2 Å². The number of carbonyl (C=O) groups is 1. The van der Waals surface area contributed by atoms with E-state index in [1.165, 1.54) is 0 Å². The number of fused-ring (bicyclic) bond motifs is 3. The molecular formula is C13H16N2O3. The van der Waals surface area contributed by atoms with Crippen LogP contribution in [0.5, 0.6) is 0 Å². The summed E-state index contributed by atoms with van der Waals surface area (Å²) in [6, 6.07) is 7.08. The lowest BCUT2D eigenvalue weighted by atomic mass is 9.78. The molecule has 2 heterocycles. The van der Waals surface area contributed by atoms with Gasteiger partial charge in [0.25, 0.3) is 0 Å². The van der Waals surface area contributed by atoms with Gasteiger partial charge < -0.3 is 20.9 Å². The van der Waals surface area contributed by atoms with Gasteiger partial charge in [-0.15, -0.1) is 0 Å². The Labute approximate surface area is 105 Å². The molecular weight excluding hydrogens is 232 g/mol. The molecule has 5 nitrogen and oxygen atoms in total. The van der Waals surface area contributed by atoms with Crippen molar-refractivity contribution < 1.29 is 14.6 Å². The number of carboxylic acid groups (broad SMARTS) is 1. The topological polar surface area (TPSA) is 84.6 Å². The minimum Gasteiger partial charge on any atom is -0.480 e. The second-order valence-corrected chi connectivity index (χ2v) is 4.87. The van der Waals surface area contributed by atoms with Crippen molar-refractivity contribution in [1.82, 2.24) is 0 Å². The number of hydrogen-bond donors (Lipinski definition) is 3. The van der Waals surface area contributed by atoms with Gasteiger partial charge in [0, 0.05) is 18.2 Å². The molecule has 4 N–H and O–H groups in total. The summed E-state index contributed by atoms with van der Waals surface area (Å²) >= 11 is 0. The number of nitrogens with one attached hydrogen (secondary N) is 1. The van der Waals surface area contributed by atoms with E-state index in [0.717, 1.165) is 11.3 Å². The van der Waals surface area contributed by atoms with Crippen LogP contribution in [0.4, 0.5) is 5.69 Å². The number of ether oxygens (including phenoxy) is 1. The fraction of sp³-hybridized carbons (Fsp3) is 0.462. The predicted octanol–water partition coefficient (Wildman–Crippen LogP) is 0.970. The molecule has 3 rings (SSSR count). The Morgan fingerprint density at radius 1 is 1.50 bits per heavy atom. The maximum absolute atomic E-state index is 11.1. The molecule has 18 heavy (non-hydrogen) atoms. The molecule has 1 fully saturated rings. The van der Waals surface area contributed by atoms with Crippen LogP contribution in [0, 0.1) is 5.92 Å². The van der Waals surface area contributed by atoms with E-state index in [4.69, 9.17) is 15.6 Å². The summed E-state index contributed by atoms with van der Waals surface area (Å²) in [5.74, 6) is -0.997. The molecule has 0 amide bonds. The standard InChI is InChI=1S/C13H16N2O3/c14-11(13(16)17)8-5-6-18-12-10(8)7-3-1-2-4-9(7)15-12/h1-4,8,10-12,15H,5-6,14H2,(H,16,17)/t8?,10?,11-,12?/m0/s1. The minimum atomic E-state index is -0.940. The highest BCUT2D eigenvalue weighted by Crippen LogP contribution is 2.45. The highest BCUT2D eigenvalue weighted by Gasteiger charge is 2.44. The molecule has 0 aliphatic carbocycles. The number of carboxylic acids is 1. The number of aliphatic carboxylic acids is 1. The zero-order valence-electron chi connectivity index (χ0n) is 9.87. The van der Waals surface area contributed by atoms with Gasteiger partial charge in [0.1, 0.15) is 12.3 Å². The molecule has 5 heteroatoms. The predicted molar refractivity (Wildman–Crippen MR) is 66.3 cm³/mol. The van der Waals surface area contributed by atoms with E-state index in [1.54, 1.807) is 0 Å². The normalized spacial score (nSPS) is 31.1. The molecule has 96 valence electrons. The van der Waals surface area contributed by atoms with Gasteiger partial charge in [0.05, 0.1) is 0 Å². The Kier molecular flexibility index (Phi) is 2.72. The Morgan fingerprint density at radius 3 is 3.06 bits per heavy atom. The molecule has 1 saturated heterocycles. The van der Waals surface area contributed by atoms with Gasteiger partial charge in [-0.2, -0.15) is 0 Å². The van der Waals surface area contributed by atoms with Crippen molar-refractivity contribution in [3.63, 3.8) is 0 Å². The summed E-state index contributed by atoms with van der Waals surface area (Å²) in [5, 5.41) is 12.4. The zero-order valence-corrected chi connectivity index (χ0v) is 9.87. The Hall–Kier alpha value is -1.59. The van der Waals surface area contributed by atoms with Crippen molar-refractivity contribution in [2.24, 2.45) is 11.7 Å². The first-order valence-electron chi connectivity index (χ1n) is 6.14. The lowest BCUT2D eigenvalue weighted by Crippen LogP contribution is -2.47. The molecule has 4 atom stereocenters. The van der Waals surface area contributed by atoms with E-state index in [0.29, 0.717) is 13.0 Å². The first kappa shape index (κ1) is 11.5. The quantitative estimate of drug-likeness (QED) is 0.726. The second kappa shape index (κ2) is 4.26. The van der Waals surface area contributed by atoms with Crippen LogP contribution in [0.15, 0.2) is 24.3 Å². The number of nitrogens with two attached hydrogens (primary N) is 1. The van der Waals surface area contributed by atoms with Gasteiger partial charge in [-0.05, 0) is 24.0 Å². The molecule has 2 aliphatic rings. The van der Waals surface area contributed by atoms with Crippen LogP contribution in [-0.4, -0.2) is 30.0 Å². The smallest absolute Gasteiger partial charge is 0.320 e. The molecule has 0 bridgehead atoms. The summed E-state index contributed by atoms with van der Waals surface area (Å²) in [6.45, 7) is 0.549. The highest BCUT2D eigenvalue weighted by atomic mass is 16.5. The molecule has 3 unspecified atom stereocenters. The van der Waals surface area contributed by atoms with E-state index in [1.807, 2.05) is 24.3 Å². The number of hydrogen-bond acceptors (Lipinski definition) is 4. The zero-order chi connectivity index (χ0) is 12.7. The molecule has 1 aromatic carbocycles. The van der Waals surface area contributed by atoms with Crippen molar-refractivity contribution in [3.8, 4) is 0 Å². The lowest BCUT2D eigenvalue weighted by Gasteiger charge is -2.35. The average Bonchev–Trinajstić information content (AvgIpc) is 2.76. The maximum Gasteiger partial charge on any atom is 0.320 e. The summed E-state index contributed by atoms with van der Waals surface area (Å²) < 4.78 is 5.68. The van der Waals surface area contributed by atoms with Gasteiger partial charge in [0.2, 0.25) is 0 Å². The van der Waals surface area contributed by atoms with Gasteiger partial charge in [0.15, 0.2) is 0 Å². The molecule has 0 radical (unpaired) electrons. The van der Waals surface area contributed by atoms with Crippen molar-refractivity contribution in [1.29, 1.82) is 0 Å². The van der Waals surface area contributed by atoms with Crippen LogP contribution in [0.25, 0.3) is 0 Å². The third-order valence-corrected chi connectivity index (χ3v) is 3.90. The van der Waals surface area contributed by atoms with Crippen molar-refractivity contribution in [2.75, 3.05) is 11.9 Å². The van der Waals surface area contributed by atoms with Crippen LogP contribution >= 0.6 is 0 Å². The monoisotopic (exact) mass is 248 g/mol. The van der Waals surface area contributed by atoms with Crippen LogP contribution in [-0.2, 0) is 9.53 Å². The molecule has 2 aliphatic heterocycles. The van der Waals surface area contributed by atoms with Crippen LogP contribution < -0.4 is 11.1 Å². The highest BCUT2D eigenvalue weighted by molar-refractivity contribution is 5.74. The maximum atomic E-state index is 11.1. The number of rotatable bonds is 2. The van der Waals surface area contributed by atoms with Crippen molar-refractivity contribution in [3.05, 3.63) is 29.8 Å². The van der Waals surface area contributed by atoms with Gasteiger partial charge in [-0.25, -0.2) is 0 Å². The summed E-state index contributed by atoms with van der Waals surface area (Å²) in [6.07, 6.45) is 0.538. The third kappa shape index (κ3) is 1.67. The minimum absolute atomic E-state index is 0.0287. The van der Waals surface area contributed by atoms with E-state index in [-0.39, 0.29) is 18.1 Å². The summed E-state index contributed by atoms with van der Waals surface area (Å²) in [4.78, 5) is 11.1. The third-order valence-electron chi connectivity index (χ3n) is 3.90. The van der Waals surface area contributed by atoms with Crippen LogP contribution in [0.1, 0.15) is 17.9 Å². The van der Waals surface area contributed by atoms with E-state index in [9.17, 15) is 4.79 Å². The number of benzene rings is 1. The molecule has 0 aromatic heterocycles. The largest absolute Gasteiger partial charge is 0.480 e. The van der Waals surface area contributed by atoms with E-state index in [2.05, 4.69) is 5.32 Å². The summed E-state index contributed by atoms with van der Waals surface area (Å²) in [7, 11) is 0. The second-order valence-electron chi connectivity index (χ2n) is 4.87. The number of anilines is 1. The fourth-order valence-corrected chi connectivity index (χ4v) is 3.02. The average molecular weight is 248 g/mol. The van der Waals surface area contributed by atoms with Crippen molar-refractivity contribution >= 4 is 11.7 Å². The van der Waals surface area contributed by atoms with Crippen LogP contribution in [0.3, 0.4) is 0 Å². The fourth-order valence-electron chi connectivity index (χ4n) is 3.02. The Morgan fingerprint density at radius 2 is 2.28 bits per heavy atom. The van der Waals surface area contributed by atoms with E-state index >= 15 is 0 Å². The van der Waals surface area contributed by atoms with Crippen LogP contribution in [0.2, 0.25) is 0 Å². The lowest BCUT2D eigenvalue weighted by molar-refractivity contribution is -0.141. The van der Waals surface area contributed by atoms with Gasteiger partial charge in [-0.3, -0.25) is 4.79 Å². The first-order valence-corrected chi connectivity index (χ1v) is 6.14. The Balaban J connectivity index is 1.96.